The number of anilines is 1. The normalized spacial score (nSPS) is 16.9. The van der Waals surface area contributed by atoms with Crippen molar-refractivity contribution in [1.29, 1.82) is 0 Å². The van der Waals surface area contributed by atoms with Gasteiger partial charge in [-0.15, -0.1) is 11.3 Å². The van der Waals surface area contributed by atoms with Crippen LogP contribution in [-0.2, 0) is 32.5 Å². The van der Waals surface area contributed by atoms with Crippen molar-refractivity contribution in [3.8, 4) is 0 Å². The number of hydrogen-bond donors (Lipinski definition) is 1. The monoisotopic (exact) mass is 576 g/mol. The van der Waals surface area contributed by atoms with E-state index in [1.54, 1.807) is 4.90 Å². The number of carbonyl (C=O) groups is 3. The molecule has 1 aromatic carbocycles. The standard InChI is InChI=1S/C27H36N4O6S2/c1-5-30(6-2)26(33)23-21-13-14-29(3)17-22(21)38-25(23)28-24(32)18-7-9-20(10-8-18)39(35,36)31-15-11-19(12-16-31)27(34)37-4/h7-10,19H,5-6,11-17H2,1-4H3,(H,28,32). The highest BCUT2D eigenvalue weighted by Gasteiger charge is 2.33. The second-order valence-corrected chi connectivity index (χ2v) is 12.9. The highest BCUT2D eigenvalue weighted by Crippen LogP contribution is 2.38. The van der Waals surface area contributed by atoms with E-state index in [0.29, 0.717) is 42.1 Å². The molecule has 0 radical (unpaired) electrons. The molecule has 0 atom stereocenters. The van der Waals surface area contributed by atoms with Gasteiger partial charge in [-0.2, -0.15) is 4.31 Å². The van der Waals surface area contributed by atoms with Crippen molar-refractivity contribution in [3.63, 3.8) is 0 Å². The van der Waals surface area contributed by atoms with E-state index in [0.717, 1.165) is 30.0 Å². The van der Waals surface area contributed by atoms with Gasteiger partial charge in [-0.3, -0.25) is 14.4 Å². The van der Waals surface area contributed by atoms with E-state index in [2.05, 4.69) is 10.2 Å². The lowest BCUT2D eigenvalue weighted by atomic mass is 9.99. The molecule has 0 unspecified atom stereocenters. The predicted octanol–water partition coefficient (Wildman–Crippen LogP) is 3.04. The van der Waals surface area contributed by atoms with Gasteiger partial charge in [0.25, 0.3) is 11.8 Å². The van der Waals surface area contributed by atoms with Gasteiger partial charge in [0, 0.05) is 49.7 Å². The molecule has 10 nitrogen and oxygen atoms in total. The maximum absolute atomic E-state index is 13.4. The van der Waals surface area contributed by atoms with Gasteiger partial charge in [0.1, 0.15) is 5.00 Å². The predicted molar refractivity (Wildman–Crippen MR) is 150 cm³/mol. The molecule has 1 aromatic heterocycles. The van der Waals surface area contributed by atoms with Gasteiger partial charge in [-0.05, 0) is 70.0 Å². The average molecular weight is 577 g/mol. The summed E-state index contributed by atoms with van der Waals surface area (Å²) in [5.41, 5.74) is 1.86. The number of benzene rings is 1. The first-order valence-corrected chi connectivity index (χ1v) is 15.5. The fraction of sp³-hybridized carbons (Fsp3) is 0.519. The Kier molecular flexibility index (Phi) is 9.10. The van der Waals surface area contributed by atoms with E-state index in [-0.39, 0.29) is 35.8 Å². The van der Waals surface area contributed by atoms with Gasteiger partial charge >= 0.3 is 5.97 Å². The molecule has 1 fully saturated rings. The number of amides is 2. The van der Waals surface area contributed by atoms with Crippen LogP contribution in [-0.4, -0.2) is 87.2 Å². The molecule has 1 N–H and O–H groups in total. The second-order valence-electron chi connectivity index (χ2n) is 9.85. The van der Waals surface area contributed by atoms with Gasteiger partial charge in [0.15, 0.2) is 0 Å². The smallest absolute Gasteiger partial charge is 0.308 e. The van der Waals surface area contributed by atoms with E-state index in [1.165, 1.54) is 47.0 Å². The average Bonchev–Trinajstić information content (AvgIpc) is 3.29. The second kappa shape index (κ2) is 12.2. The summed E-state index contributed by atoms with van der Waals surface area (Å²) >= 11 is 1.43. The Morgan fingerprint density at radius 2 is 1.72 bits per heavy atom. The van der Waals surface area contributed by atoms with Crippen molar-refractivity contribution in [1.82, 2.24) is 14.1 Å². The molecule has 0 aliphatic carbocycles. The van der Waals surface area contributed by atoms with Crippen molar-refractivity contribution in [2.24, 2.45) is 5.92 Å². The number of carbonyl (C=O) groups excluding carboxylic acids is 3. The minimum absolute atomic E-state index is 0.0857. The van der Waals surface area contributed by atoms with Crippen LogP contribution in [0.1, 0.15) is 57.8 Å². The molecule has 0 spiro atoms. The topological polar surface area (TPSA) is 116 Å². The minimum atomic E-state index is -3.76. The minimum Gasteiger partial charge on any atom is -0.469 e. The van der Waals surface area contributed by atoms with Gasteiger partial charge < -0.3 is 19.9 Å². The van der Waals surface area contributed by atoms with Crippen molar-refractivity contribution in [3.05, 3.63) is 45.8 Å². The third kappa shape index (κ3) is 6.03. The molecule has 12 heteroatoms. The molecule has 3 heterocycles. The van der Waals surface area contributed by atoms with Gasteiger partial charge in [0.05, 0.1) is 23.5 Å². The van der Waals surface area contributed by atoms with Crippen LogP contribution in [0.2, 0.25) is 0 Å². The Bertz CT molecular complexity index is 1330. The lowest BCUT2D eigenvalue weighted by molar-refractivity contribution is -0.146. The zero-order valence-electron chi connectivity index (χ0n) is 22.9. The molecule has 0 saturated carbocycles. The van der Waals surface area contributed by atoms with E-state index < -0.39 is 15.9 Å². The number of thiophene rings is 1. The molecule has 0 bridgehead atoms. The number of hydrogen-bond acceptors (Lipinski definition) is 8. The lowest BCUT2D eigenvalue weighted by Gasteiger charge is -2.29. The number of piperidine rings is 1. The third-order valence-corrected chi connectivity index (χ3v) is 10.5. The Labute approximate surface area is 234 Å². The number of fused-ring (bicyclic) bond motifs is 1. The Balaban J connectivity index is 1.52. The summed E-state index contributed by atoms with van der Waals surface area (Å²) < 4.78 is 32.4. The first kappa shape index (κ1) is 29.2. The van der Waals surface area contributed by atoms with Crippen LogP contribution >= 0.6 is 11.3 Å². The van der Waals surface area contributed by atoms with Crippen LogP contribution in [0.5, 0.6) is 0 Å². The molecular formula is C27H36N4O6S2. The number of sulfonamides is 1. The zero-order valence-corrected chi connectivity index (χ0v) is 24.5. The first-order valence-electron chi connectivity index (χ1n) is 13.2. The van der Waals surface area contributed by atoms with Crippen LogP contribution in [0.4, 0.5) is 5.00 Å². The maximum atomic E-state index is 13.4. The summed E-state index contributed by atoms with van der Waals surface area (Å²) in [5.74, 6) is -1.11. The summed E-state index contributed by atoms with van der Waals surface area (Å²) in [6, 6.07) is 5.81. The number of esters is 1. The van der Waals surface area contributed by atoms with Crippen molar-refractivity contribution >= 4 is 44.1 Å². The van der Waals surface area contributed by atoms with Crippen LogP contribution in [0.3, 0.4) is 0 Å². The number of rotatable bonds is 8. The highest BCUT2D eigenvalue weighted by atomic mass is 32.2. The SMILES string of the molecule is CCN(CC)C(=O)c1c(NC(=O)c2ccc(S(=O)(=O)N3CCC(C(=O)OC)CC3)cc2)sc2c1CCN(C)C2. The van der Waals surface area contributed by atoms with Crippen LogP contribution in [0, 0.1) is 5.92 Å². The molecule has 2 aliphatic heterocycles. The Morgan fingerprint density at radius 1 is 1.08 bits per heavy atom. The summed E-state index contributed by atoms with van der Waals surface area (Å²) in [7, 11) is -0.400. The van der Waals surface area contributed by atoms with Gasteiger partial charge in [-0.25, -0.2) is 8.42 Å². The highest BCUT2D eigenvalue weighted by molar-refractivity contribution is 7.89. The summed E-state index contributed by atoms with van der Waals surface area (Å²) in [5, 5.41) is 3.47. The molecule has 39 heavy (non-hydrogen) atoms. The van der Waals surface area contributed by atoms with Crippen LogP contribution < -0.4 is 5.32 Å². The number of ether oxygens (including phenoxy) is 1. The Hall–Kier alpha value is -2.80. The fourth-order valence-corrected chi connectivity index (χ4v) is 7.90. The van der Waals surface area contributed by atoms with Crippen molar-refractivity contribution in [2.45, 2.75) is 44.6 Å². The molecule has 2 aromatic rings. The fourth-order valence-electron chi connectivity index (χ4n) is 5.12. The molecule has 212 valence electrons. The van der Waals surface area contributed by atoms with Crippen LogP contribution in [0.15, 0.2) is 29.2 Å². The van der Waals surface area contributed by atoms with Gasteiger partial charge in [-0.1, -0.05) is 0 Å². The van der Waals surface area contributed by atoms with E-state index in [4.69, 9.17) is 4.74 Å². The largest absolute Gasteiger partial charge is 0.469 e. The van der Waals surface area contributed by atoms with Crippen molar-refractivity contribution < 1.29 is 27.5 Å². The first-order chi connectivity index (χ1) is 18.6. The molecule has 1 saturated heterocycles. The lowest BCUT2D eigenvalue weighted by Crippen LogP contribution is -2.40. The van der Waals surface area contributed by atoms with E-state index >= 15 is 0 Å². The molecule has 2 aliphatic rings. The summed E-state index contributed by atoms with van der Waals surface area (Å²) in [6.07, 6.45) is 1.55. The molecular weight excluding hydrogens is 540 g/mol. The number of nitrogens with one attached hydrogen (secondary N) is 1. The quantitative estimate of drug-likeness (QED) is 0.480. The summed E-state index contributed by atoms with van der Waals surface area (Å²) in [6.45, 7) is 7.03. The maximum Gasteiger partial charge on any atom is 0.308 e. The zero-order chi connectivity index (χ0) is 28.3. The molecule has 2 amide bonds. The van der Waals surface area contributed by atoms with Gasteiger partial charge in [0.2, 0.25) is 10.0 Å². The van der Waals surface area contributed by atoms with E-state index in [9.17, 15) is 22.8 Å². The Morgan fingerprint density at radius 3 is 2.31 bits per heavy atom. The number of methoxy groups -OCH3 is 1. The third-order valence-electron chi connectivity index (χ3n) is 7.48. The van der Waals surface area contributed by atoms with Crippen LogP contribution in [0.25, 0.3) is 0 Å². The summed E-state index contributed by atoms with van der Waals surface area (Å²) in [4.78, 5) is 43.5. The number of nitrogens with zero attached hydrogens (tertiary/aromatic N) is 3. The van der Waals surface area contributed by atoms with Crippen molar-refractivity contribution in [2.75, 3.05) is 52.2 Å². The number of likely N-dealkylation sites (N-methyl/N-ethyl adjacent to an activating group) is 1. The van der Waals surface area contributed by atoms with E-state index in [1.807, 2.05) is 20.9 Å². The molecule has 4 rings (SSSR count).